The van der Waals surface area contributed by atoms with Gasteiger partial charge in [-0.2, -0.15) is 0 Å². The van der Waals surface area contributed by atoms with E-state index in [-0.39, 0.29) is 18.8 Å². The number of nitrogens with one attached hydrogen (secondary N) is 3. The van der Waals surface area contributed by atoms with Crippen molar-refractivity contribution in [3.05, 3.63) is 0 Å². The number of hydrogen-bond acceptors (Lipinski definition) is 6. The van der Waals surface area contributed by atoms with Gasteiger partial charge in [0, 0.05) is 26.6 Å². The van der Waals surface area contributed by atoms with E-state index in [4.69, 9.17) is 22.1 Å². The minimum absolute atomic E-state index is 0.109. The van der Waals surface area contributed by atoms with Crippen molar-refractivity contribution in [3.63, 3.8) is 0 Å². The molecule has 0 saturated carbocycles. The van der Waals surface area contributed by atoms with Crippen molar-refractivity contribution >= 4 is 17.3 Å². The van der Waals surface area contributed by atoms with Gasteiger partial charge in [0.2, 0.25) is 0 Å². The van der Waals surface area contributed by atoms with Gasteiger partial charge in [0.15, 0.2) is 5.11 Å². The molecule has 8 heteroatoms. The van der Waals surface area contributed by atoms with Crippen LogP contribution in [0.25, 0.3) is 0 Å². The fraction of sp³-hybridized carbons (Fsp3) is 0.909. The zero-order chi connectivity index (χ0) is 14.3. The second-order valence-electron chi connectivity index (χ2n) is 4.58. The molecule has 0 spiro atoms. The third-order valence-electron chi connectivity index (χ3n) is 2.99. The van der Waals surface area contributed by atoms with Gasteiger partial charge in [0.1, 0.15) is 0 Å². The van der Waals surface area contributed by atoms with Gasteiger partial charge >= 0.3 is 0 Å². The zero-order valence-electron chi connectivity index (χ0n) is 11.0. The molecule has 7 nitrogen and oxygen atoms in total. The Labute approximate surface area is 118 Å². The highest BCUT2D eigenvalue weighted by Gasteiger charge is 2.29. The number of thiocarbonyl (C=S) groups is 1. The average Bonchev–Trinajstić information content (AvgIpc) is 2.41. The molecule has 0 radical (unpaired) electrons. The van der Waals surface area contributed by atoms with E-state index in [9.17, 15) is 10.2 Å². The van der Waals surface area contributed by atoms with Crippen LogP contribution in [0.5, 0.6) is 0 Å². The van der Waals surface area contributed by atoms with Crippen molar-refractivity contribution in [1.82, 2.24) is 16.0 Å². The Hall–Kier alpha value is -0.510. The predicted octanol–water partition coefficient (Wildman–Crippen LogP) is -2.46. The van der Waals surface area contributed by atoms with Crippen LogP contribution < -0.4 is 16.0 Å². The molecule has 1 aliphatic heterocycles. The molecule has 0 bridgehead atoms. The SMILES string of the molecule is CNC(=S)NC1COC(CNCC(O)CO)CC1O. The van der Waals surface area contributed by atoms with Gasteiger partial charge in [-0.15, -0.1) is 0 Å². The van der Waals surface area contributed by atoms with E-state index in [1.807, 2.05) is 0 Å². The Morgan fingerprint density at radius 3 is 2.84 bits per heavy atom. The first-order valence-electron chi connectivity index (χ1n) is 6.34. The lowest BCUT2D eigenvalue weighted by molar-refractivity contribution is -0.0607. The van der Waals surface area contributed by atoms with Gasteiger partial charge in [-0.3, -0.25) is 0 Å². The fourth-order valence-electron chi connectivity index (χ4n) is 1.85. The molecule has 0 aliphatic carbocycles. The first-order valence-corrected chi connectivity index (χ1v) is 6.75. The second kappa shape index (κ2) is 8.62. The third-order valence-corrected chi connectivity index (χ3v) is 3.31. The van der Waals surface area contributed by atoms with Crippen molar-refractivity contribution < 1.29 is 20.1 Å². The van der Waals surface area contributed by atoms with Crippen molar-refractivity contribution in [2.45, 2.75) is 30.8 Å². The average molecular weight is 293 g/mol. The molecule has 1 heterocycles. The lowest BCUT2D eigenvalue weighted by Gasteiger charge is -2.34. The molecule has 1 rings (SSSR count). The van der Waals surface area contributed by atoms with Crippen LogP contribution in [0, 0.1) is 0 Å². The number of rotatable bonds is 6. The Balaban J connectivity index is 2.23. The Kier molecular flexibility index (Phi) is 7.51. The van der Waals surface area contributed by atoms with Crippen LogP contribution in [0.15, 0.2) is 0 Å². The highest BCUT2D eigenvalue weighted by molar-refractivity contribution is 7.80. The molecule has 112 valence electrons. The minimum Gasteiger partial charge on any atom is -0.394 e. The molecule has 1 saturated heterocycles. The van der Waals surface area contributed by atoms with E-state index in [1.54, 1.807) is 7.05 Å². The minimum atomic E-state index is -0.768. The summed E-state index contributed by atoms with van der Waals surface area (Å²) < 4.78 is 5.61. The smallest absolute Gasteiger partial charge is 0.166 e. The molecular formula is C11H23N3O4S. The predicted molar refractivity (Wildman–Crippen MR) is 74.9 cm³/mol. The van der Waals surface area contributed by atoms with Gasteiger partial charge in [-0.05, 0) is 12.2 Å². The van der Waals surface area contributed by atoms with Crippen LogP contribution in [0.4, 0.5) is 0 Å². The summed E-state index contributed by atoms with van der Waals surface area (Å²) in [6, 6.07) is -0.209. The lowest BCUT2D eigenvalue weighted by Crippen LogP contribution is -2.54. The van der Waals surface area contributed by atoms with Crippen LogP contribution in [-0.2, 0) is 4.74 Å². The third kappa shape index (κ3) is 5.98. The van der Waals surface area contributed by atoms with E-state index in [1.165, 1.54) is 0 Å². The van der Waals surface area contributed by atoms with Crippen LogP contribution in [0.1, 0.15) is 6.42 Å². The Morgan fingerprint density at radius 1 is 1.53 bits per heavy atom. The molecular weight excluding hydrogens is 270 g/mol. The zero-order valence-corrected chi connectivity index (χ0v) is 11.8. The molecule has 4 unspecified atom stereocenters. The monoisotopic (exact) mass is 293 g/mol. The van der Waals surface area contributed by atoms with Crippen molar-refractivity contribution in [2.75, 3.05) is 33.4 Å². The van der Waals surface area contributed by atoms with Gasteiger partial charge < -0.3 is 36.0 Å². The number of hydrogen-bond donors (Lipinski definition) is 6. The summed E-state index contributed by atoms with van der Waals surface area (Å²) >= 11 is 4.98. The van der Waals surface area contributed by atoms with Gasteiger partial charge in [-0.25, -0.2) is 0 Å². The second-order valence-corrected chi connectivity index (χ2v) is 4.99. The summed E-state index contributed by atoms with van der Waals surface area (Å²) in [5.41, 5.74) is 0. The maximum absolute atomic E-state index is 9.99. The van der Waals surface area contributed by atoms with Crippen LogP contribution in [0.3, 0.4) is 0 Å². The maximum Gasteiger partial charge on any atom is 0.166 e. The van der Waals surface area contributed by atoms with Crippen molar-refractivity contribution in [2.24, 2.45) is 0 Å². The lowest BCUT2D eigenvalue weighted by atomic mass is 10.0. The molecule has 6 N–H and O–H groups in total. The number of aliphatic hydroxyl groups excluding tert-OH is 3. The van der Waals surface area contributed by atoms with Gasteiger partial charge in [0.05, 0.1) is 37.6 Å². The summed E-state index contributed by atoms with van der Waals surface area (Å²) in [6.07, 6.45) is -0.917. The van der Waals surface area contributed by atoms with E-state index < -0.39 is 12.2 Å². The van der Waals surface area contributed by atoms with Gasteiger partial charge in [-0.1, -0.05) is 0 Å². The van der Waals surface area contributed by atoms with Crippen molar-refractivity contribution in [3.8, 4) is 0 Å². The summed E-state index contributed by atoms with van der Waals surface area (Å²) in [4.78, 5) is 0. The van der Waals surface area contributed by atoms with Crippen LogP contribution in [-0.4, -0.2) is 78.1 Å². The first-order chi connectivity index (χ1) is 9.06. The van der Waals surface area contributed by atoms with E-state index >= 15 is 0 Å². The molecule has 1 aliphatic rings. The summed E-state index contributed by atoms with van der Waals surface area (Å²) in [5, 5.41) is 37.1. The normalized spacial score (nSPS) is 28.7. The summed E-state index contributed by atoms with van der Waals surface area (Å²) in [5.74, 6) is 0. The maximum atomic E-state index is 9.99. The Bertz CT molecular complexity index is 283. The van der Waals surface area contributed by atoms with Crippen LogP contribution >= 0.6 is 12.2 Å². The topological polar surface area (TPSA) is 106 Å². The van der Waals surface area contributed by atoms with E-state index in [2.05, 4.69) is 16.0 Å². The van der Waals surface area contributed by atoms with E-state index in [0.717, 1.165) is 0 Å². The summed E-state index contributed by atoms with van der Waals surface area (Å²) in [6.45, 7) is 0.932. The molecule has 0 aromatic heterocycles. The first kappa shape index (κ1) is 16.5. The highest BCUT2D eigenvalue weighted by atomic mass is 32.1. The van der Waals surface area contributed by atoms with Crippen LogP contribution in [0.2, 0.25) is 0 Å². The molecule has 0 amide bonds. The summed E-state index contributed by atoms with van der Waals surface area (Å²) in [7, 11) is 1.71. The molecule has 19 heavy (non-hydrogen) atoms. The standard InChI is InChI=1S/C11H23N3O4S/c1-12-11(19)14-9-6-18-8(2-10(9)17)4-13-3-7(16)5-15/h7-10,13,15-17H,2-6H2,1H3,(H2,12,14,19). The van der Waals surface area contributed by atoms with E-state index in [0.29, 0.717) is 31.2 Å². The molecule has 0 aromatic carbocycles. The highest BCUT2D eigenvalue weighted by Crippen LogP contribution is 2.14. The van der Waals surface area contributed by atoms with Gasteiger partial charge in [0.25, 0.3) is 0 Å². The van der Waals surface area contributed by atoms with Crippen molar-refractivity contribution in [1.29, 1.82) is 0 Å². The molecule has 0 aromatic rings. The number of aliphatic hydroxyl groups is 3. The molecule has 4 atom stereocenters. The fourth-order valence-corrected chi connectivity index (χ4v) is 2.00. The Morgan fingerprint density at radius 2 is 2.26 bits per heavy atom. The number of ether oxygens (including phenoxy) is 1. The quantitative estimate of drug-likeness (QED) is 0.300. The molecule has 1 fully saturated rings. The largest absolute Gasteiger partial charge is 0.394 e.